The number of rotatable bonds is 3. The fourth-order valence-electron chi connectivity index (χ4n) is 2.60. The van der Waals surface area contributed by atoms with Crippen LogP contribution in [-0.4, -0.2) is 24.0 Å². The minimum absolute atomic E-state index is 0. The molecule has 1 heterocycles. The highest BCUT2D eigenvalue weighted by Crippen LogP contribution is 2.25. The van der Waals surface area contributed by atoms with Crippen molar-refractivity contribution in [2.75, 3.05) is 13.1 Å². The van der Waals surface area contributed by atoms with Crippen molar-refractivity contribution in [2.24, 2.45) is 11.7 Å². The van der Waals surface area contributed by atoms with E-state index in [0.717, 1.165) is 25.9 Å². The summed E-state index contributed by atoms with van der Waals surface area (Å²) < 4.78 is 28.0. The molecule has 2 rings (SSSR count). The van der Waals surface area contributed by atoms with Gasteiger partial charge in [-0.1, -0.05) is 0 Å². The number of nitrogens with two attached hydrogens (primary N) is 1. The maximum Gasteiger partial charge on any atom is 0.144 e. The zero-order valence-electron chi connectivity index (χ0n) is 11.4. The Balaban J connectivity index is 0.00000200. The topological polar surface area (TPSA) is 29.3 Å². The van der Waals surface area contributed by atoms with E-state index < -0.39 is 11.6 Å². The Morgan fingerprint density at radius 1 is 1.45 bits per heavy atom. The Kier molecular flexibility index (Phi) is 6.85. The molecule has 0 bridgehead atoms. The van der Waals surface area contributed by atoms with Gasteiger partial charge in [0.15, 0.2) is 0 Å². The molecule has 0 radical (unpaired) electrons. The summed E-state index contributed by atoms with van der Waals surface area (Å²) in [6, 6.07) is 2.82. The third-order valence-electron chi connectivity index (χ3n) is 3.81. The van der Waals surface area contributed by atoms with Crippen LogP contribution in [0.4, 0.5) is 8.78 Å². The Morgan fingerprint density at radius 2 is 2.15 bits per heavy atom. The van der Waals surface area contributed by atoms with Gasteiger partial charge in [-0.3, -0.25) is 4.90 Å². The largest absolute Gasteiger partial charge is 0.328 e. The van der Waals surface area contributed by atoms with Crippen molar-refractivity contribution in [3.05, 3.63) is 33.8 Å². The SMILES string of the molecule is CC(N)C1CCCN(Cc2c(F)ccc(Br)c2F)C1.Cl. The summed E-state index contributed by atoms with van der Waals surface area (Å²) in [5.41, 5.74) is 6.06. The van der Waals surface area contributed by atoms with Crippen molar-refractivity contribution in [3.8, 4) is 0 Å². The van der Waals surface area contributed by atoms with Crippen LogP contribution < -0.4 is 5.73 Å². The summed E-state index contributed by atoms with van der Waals surface area (Å²) in [7, 11) is 0. The van der Waals surface area contributed by atoms with E-state index in [1.54, 1.807) is 0 Å². The van der Waals surface area contributed by atoms with Crippen LogP contribution in [0.3, 0.4) is 0 Å². The van der Waals surface area contributed by atoms with Gasteiger partial charge in [-0.05, 0) is 60.3 Å². The van der Waals surface area contributed by atoms with E-state index in [2.05, 4.69) is 20.8 Å². The number of hydrogen-bond donors (Lipinski definition) is 1. The highest BCUT2D eigenvalue weighted by atomic mass is 79.9. The number of benzene rings is 1. The van der Waals surface area contributed by atoms with Gasteiger partial charge in [0, 0.05) is 24.7 Å². The van der Waals surface area contributed by atoms with E-state index in [-0.39, 0.29) is 24.0 Å². The smallest absolute Gasteiger partial charge is 0.144 e. The predicted molar refractivity (Wildman–Crippen MR) is 83.0 cm³/mol. The lowest BCUT2D eigenvalue weighted by molar-refractivity contribution is 0.151. The van der Waals surface area contributed by atoms with Gasteiger partial charge in [-0.15, -0.1) is 12.4 Å². The van der Waals surface area contributed by atoms with Crippen LogP contribution in [-0.2, 0) is 6.54 Å². The lowest BCUT2D eigenvalue weighted by Crippen LogP contribution is -2.42. The molecule has 1 aliphatic heterocycles. The van der Waals surface area contributed by atoms with Gasteiger partial charge in [0.1, 0.15) is 11.6 Å². The van der Waals surface area contributed by atoms with Crippen LogP contribution in [0.1, 0.15) is 25.3 Å². The Bertz CT molecular complexity index is 457. The summed E-state index contributed by atoms with van der Waals surface area (Å²) >= 11 is 3.10. The lowest BCUT2D eigenvalue weighted by atomic mass is 9.92. The van der Waals surface area contributed by atoms with Crippen LogP contribution in [0.5, 0.6) is 0 Å². The highest BCUT2D eigenvalue weighted by Gasteiger charge is 2.24. The van der Waals surface area contributed by atoms with Gasteiger partial charge in [0.2, 0.25) is 0 Å². The first-order valence-electron chi connectivity index (χ1n) is 6.59. The fraction of sp³-hybridized carbons (Fsp3) is 0.571. The van der Waals surface area contributed by atoms with Crippen molar-refractivity contribution in [2.45, 2.75) is 32.4 Å². The van der Waals surface area contributed by atoms with Gasteiger partial charge in [-0.2, -0.15) is 0 Å². The fourth-order valence-corrected chi connectivity index (χ4v) is 2.97. The molecule has 1 aromatic carbocycles. The van der Waals surface area contributed by atoms with Gasteiger partial charge in [-0.25, -0.2) is 8.78 Å². The zero-order valence-corrected chi connectivity index (χ0v) is 13.8. The minimum Gasteiger partial charge on any atom is -0.328 e. The van der Waals surface area contributed by atoms with Crippen molar-refractivity contribution in [3.63, 3.8) is 0 Å². The number of likely N-dealkylation sites (tertiary alicyclic amines) is 1. The van der Waals surface area contributed by atoms with E-state index >= 15 is 0 Å². The number of nitrogens with zero attached hydrogens (tertiary/aromatic N) is 1. The second kappa shape index (κ2) is 7.69. The standard InChI is InChI=1S/C14H19BrF2N2.ClH/c1-9(18)10-3-2-6-19(7-10)8-11-13(16)5-4-12(15)14(11)17;/h4-5,9-10H,2-3,6-8,18H2,1H3;1H. The molecule has 0 aromatic heterocycles. The molecule has 0 amide bonds. The lowest BCUT2D eigenvalue weighted by Gasteiger charge is -2.34. The third-order valence-corrected chi connectivity index (χ3v) is 4.42. The molecule has 20 heavy (non-hydrogen) atoms. The average molecular weight is 370 g/mol. The maximum atomic E-state index is 13.9. The Hall–Kier alpha value is -0.230. The van der Waals surface area contributed by atoms with Crippen molar-refractivity contribution < 1.29 is 8.78 Å². The Morgan fingerprint density at radius 3 is 2.80 bits per heavy atom. The monoisotopic (exact) mass is 368 g/mol. The minimum atomic E-state index is -0.497. The molecule has 1 fully saturated rings. The van der Waals surface area contributed by atoms with Crippen LogP contribution in [0.2, 0.25) is 0 Å². The van der Waals surface area contributed by atoms with Crippen molar-refractivity contribution in [1.29, 1.82) is 0 Å². The first kappa shape index (κ1) is 17.8. The van der Waals surface area contributed by atoms with Crippen molar-refractivity contribution in [1.82, 2.24) is 4.90 Å². The van der Waals surface area contributed by atoms with Crippen LogP contribution in [0, 0.1) is 17.6 Å². The van der Waals surface area contributed by atoms with Gasteiger partial charge < -0.3 is 5.73 Å². The molecular weight excluding hydrogens is 350 g/mol. The molecule has 2 N–H and O–H groups in total. The maximum absolute atomic E-state index is 13.9. The summed E-state index contributed by atoms with van der Waals surface area (Å²) in [6.45, 7) is 3.98. The quantitative estimate of drug-likeness (QED) is 0.823. The van der Waals surface area contributed by atoms with Crippen LogP contribution in [0.15, 0.2) is 16.6 Å². The van der Waals surface area contributed by atoms with Gasteiger partial charge >= 0.3 is 0 Å². The second-order valence-corrected chi connectivity index (χ2v) is 6.17. The van der Waals surface area contributed by atoms with Gasteiger partial charge in [0.05, 0.1) is 4.47 Å². The normalized spacial score (nSPS) is 21.4. The average Bonchev–Trinajstić information content (AvgIpc) is 2.39. The summed E-state index contributed by atoms with van der Waals surface area (Å²) in [5.74, 6) is -0.571. The second-order valence-electron chi connectivity index (χ2n) is 5.32. The molecule has 1 aromatic rings. The number of piperidine rings is 1. The summed E-state index contributed by atoms with van der Waals surface area (Å²) in [5, 5.41) is 0. The molecular formula is C14H20BrClF2N2. The molecule has 2 nitrogen and oxygen atoms in total. The first-order valence-corrected chi connectivity index (χ1v) is 7.38. The molecule has 2 atom stereocenters. The molecule has 1 aliphatic rings. The molecule has 6 heteroatoms. The summed E-state index contributed by atoms with van der Waals surface area (Å²) in [4.78, 5) is 2.09. The predicted octanol–water partition coefficient (Wildman–Crippen LogP) is 3.71. The van der Waals surface area contributed by atoms with Crippen molar-refractivity contribution >= 4 is 28.3 Å². The molecule has 114 valence electrons. The molecule has 2 unspecified atom stereocenters. The highest BCUT2D eigenvalue weighted by molar-refractivity contribution is 9.10. The van der Waals surface area contributed by atoms with Crippen LogP contribution in [0.25, 0.3) is 0 Å². The molecule has 0 spiro atoms. The molecule has 0 aliphatic carbocycles. The Labute approximate surface area is 133 Å². The van der Waals surface area contributed by atoms with E-state index in [0.29, 0.717) is 16.9 Å². The molecule has 1 saturated heterocycles. The summed E-state index contributed by atoms with van der Waals surface area (Å²) in [6.07, 6.45) is 2.13. The van der Waals surface area contributed by atoms with Gasteiger partial charge in [0.25, 0.3) is 0 Å². The van der Waals surface area contributed by atoms with E-state index in [4.69, 9.17) is 5.73 Å². The first-order chi connectivity index (χ1) is 8.99. The number of halogens is 4. The third kappa shape index (κ3) is 4.13. The number of hydrogen-bond acceptors (Lipinski definition) is 2. The van der Waals surface area contributed by atoms with E-state index in [9.17, 15) is 8.78 Å². The van der Waals surface area contributed by atoms with E-state index in [1.165, 1.54) is 12.1 Å². The molecule has 0 saturated carbocycles. The van der Waals surface area contributed by atoms with Crippen LogP contribution >= 0.6 is 28.3 Å². The zero-order chi connectivity index (χ0) is 14.0. The van der Waals surface area contributed by atoms with E-state index in [1.807, 2.05) is 6.92 Å².